The van der Waals surface area contributed by atoms with Crippen LogP contribution in [0.4, 0.5) is 0 Å². The first kappa shape index (κ1) is 19.4. The molecule has 0 saturated heterocycles. The number of carbonyl (C=O) groups is 3. The maximum absolute atomic E-state index is 12.2. The Kier molecular flexibility index (Phi) is 8.66. The number of nitrogens with one attached hydrogen (secondary N) is 2. The minimum Gasteiger partial charge on any atom is -0.481 e. The molecule has 3 N–H and O–H groups in total. The van der Waals surface area contributed by atoms with E-state index in [2.05, 4.69) is 10.6 Å². The average Bonchev–Trinajstić information content (AvgIpc) is 2.32. The molecule has 0 radical (unpaired) electrons. The van der Waals surface area contributed by atoms with E-state index in [-0.39, 0.29) is 36.1 Å². The molecule has 2 amide bonds. The molecule has 2 unspecified atom stereocenters. The molecule has 2 atom stereocenters. The molecule has 0 aromatic rings. The van der Waals surface area contributed by atoms with Gasteiger partial charge in [0.15, 0.2) is 0 Å². The molecule has 0 aromatic heterocycles. The molecule has 0 rings (SSSR count). The predicted octanol–water partition coefficient (Wildman–Crippen LogP) is 1.54. The number of hydrogen-bond acceptors (Lipinski definition) is 3. The van der Waals surface area contributed by atoms with E-state index < -0.39 is 12.0 Å². The van der Waals surface area contributed by atoms with Crippen LogP contribution in [-0.2, 0) is 14.4 Å². The monoisotopic (exact) mass is 300 g/mol. The first-order valence-corrected chi connectivity index (χ1v) is 7.45. The van der Waals surface area contributed by atoms with Gasteiger partial charge in [0.25, 0.3) is 0 Å². The zero-order chi connectivity index (χ0) is 16.6. The summed E-state index contributed by atoms with van der Waals surface area (Å²) < 4.78 is 0. The summed E-state index contributed by atoms with van der Waals surface area (Å²) in [6.07, 6.45) is 0.754. The van der Waals surface area contributed by atoms with Crippen LogP contribution in [0.3, 0.4) is 0 Å². The molecule has 0 aliphatic rings. The Bertz CT molecular complexity index is 367. The predicted molar refractivity (Wildman–Crippen MR) is 80.7 cm³/mol. The highest BCUT2D eigenvalue weighted by Gasteiger charge is 2.25. The highest BCUT2D eigenvalue weighted by Crippen LogP contribution is 2.06. The number of hydrogen-bond donors (Lipinski definition) is 3. The van der Waals surface area contributed by atoms with Crippen LogP contribution in [0.25, 0.3) is 0 Å². The SMILES string of the molecule is CC(C)CC(=O)NC(C(=O)NC(C)CCC(=O)O)C(C)C. The summed E-state index contributed by atoms with van der Waals surface area (Å²) in [5.74, 6) is -1.10. The Hall–Kier alpha value is -1.59. The zero-order valence-corrected chi connectivity index (χ0v) is 13.6. The molecule has 0 spiro atoms. The van der Waals surface area contributed by atoms with Crippen LogP contribution in [0.1, 0.15) is 53.9 Å². The molecule has 21 heavy (non-hydrogen) atoms. The maximum Gasteiger partial charge on any atom is 0.303 e. The van der Waals surface area contributed by atoms with Crippen molar-refractivity contribution in [3.63, 3.8) is 0 Å². The summed E-state index contributed by atoms with van der Waals surface area (Å²) in [7, 11) is 0. The minimum absolute atomic E-state index is 0.00744. The molecule has 0 saturated carbocycles. The molecular weight excluding hydrogens is 272 g/mol. The molecule has 0 fully saturated rings. The topological polar surface area (TPSA) is 95.5 Å². The van der Waals surface area contributed by atoms with Crippen molar-refractivity contribution < 1.29 is 19.5 Å². The number of rotatable bonds is 9. The van der Waals surface area contributed by atoms with Gasteiger partial charge in [0, 0.05) is 18.9 Å². The van der Waals surface area contributed by atoms with Crippen LogP contribution in [0.2, 0.25) is 0 Å². The Morgan fingerprint density at radius 1 is 1.00 bits per heavy atom. The number of carboxylic acid groups (broad SMARTS) is 1. The fraction of sp³-hybridized carbons (Fsp3) is 0.800. The van der Waals surface area contributed by atoms with Gasteiger partial charge in [-0.2, -0.15) is 0 Å². The Balaban J connectivity index is 4.48. The number of carbonyl (C=O) groups excluding carboxylic acids is 2. The van der Waals surface area contributed by atoms with E-state index in [1.54, 1.807) is 6.92 Å². The second kappa shape index (κ2) is 9.37. The smallest absolute Gasteiger partial charge is 0.303 e. The second-order valence-electron chi connectivity index (χ2n) is 6.23. The van der Waals surface area contributed by atoms with Crippen LogP contribution in [0.15, 0.2) is 0 Å². The lowest BCUT2D eigenvalue weighted by Crippen LogP contribution is -2.51. The number of amides is 2. The van der Waals surface area contributed by atoms with Gasteiger partial charge in [-0.3, -0.25) is 14.4 Å². The molecule has 6 heteroatoms. The summed E-state index contributed by atoms with van der Waals surface area (Å²) in [6, 6.07) is -0.833. The fourth-order valence-corrected chi connectivity index (χ4v) is 1.88. The van der Waals surface area contributed by atoms with Gasteiger partial charge < -0.3 is 15.7 Å². The van der Waals surface area contributed by atoms with Gasteiger partial charge in [0.1, 0.15) is 6.04 Å². The van der Waals surface area contributed by atoms with Crippen molar-refractivity contribution in [1.29, 1.82) is 0 Å². The average molecular weight is 300 g/mol. The molecule has 0 aliphatic heterocycles. The van der Waals surface area contributed by atoms with Crippen molar-refractivity contribution in [3.8, 4) is 0 Å². The fourth-order valence-electron chi connectivity index (χ4n) is 1.88. The Morgan fingerprint density at radius 3 is 2.00 bits per heavy atom. The molecule has 0 heterocycles. The van der Waals surface area contributed by atoms with Crippen LogP contribution in [0, 0.1) is 11.8 Å². The minimum atomic E-state index is -0.887. The van der Waals surface area contributed by atoms with Gasteiger partial charge in [-0.25, -0.2) is 0 Å². The Labute approximate surface area is 126 Å². The molecule has 0 aromatic carbocycles. The van der Waals surface area contributed by atoms with Gasteiger partial charge in [-0.1, -0.05) is 27.7 Å². The maximum atomic E-state index is 12.2. The van der Waals surface area contributed by atoms with E-state index in [1.807, 2.05) is 27.7 Å². The molecule has 122 valence electrons. The van der Waals surface area contributed by atoms with Gasteiger partial charge >= 0.3 is 5.97 Å². The lowest BCUT2D eigenvalue weighted by Gasteiger charge is -2.24. The van der Waals surface area contributed by atoms with Gasteiger partial charge in [-0.15, -0.1) is 0 Å². The Morgan fingerprint density at radius 2 is 1.57 bits per heavy atom. The summed E-state index contributed by atoms with van der Waals surface area (Å²) >= 11 is 0. The van der Waals surface area contributed by atoms with E-state index in [4.69, 9.17) is 5.11 Å². The van der Waals surface area contributed by atoms with Crippen molar-refractivity contribution >= 4 is 17.8 Å². The van der Waals surface area contributed by atoms with Crippen LogP contribution >= 0.6 is 0 Å². The van der Waals surface area contributed by atoms with Crippen molar-refractivity contribution in [2.75, 3.05) is 0 Å². The van der Waals surface area contributed by atoms with Crippen molar-refractivity contribution in [1.82, 2.24) is 10.6 Å². The third-order valence-corrected chi connectivity index (χ3v) is 3.04. The van der Waals surface area contributed by atoms with Crippen LogP contribution < -0.4 is 10.6 Å². The van der Waals surface area contributed by atoms with Crippen molar-refractivity contribution in [3.05, 3.63) is 0 Å². The number of carboxylic acids is 1. The molecular formula is C15H28N2O4. The first-order chi connectivity index (χ1) is 9.63. The van der Waals surface area contributed by atoms with Gasteiger partial charge in [0.05, 0.1) is 0 Å². The second-order valence-corrected chi connectivity index (χ2v) is 6.23. The van der Waals surface area contributed by atoms with E-state index >= 15 is 0 Å². The van der Waals surface area contributed by atoms with Gasteiger partial charge in [0.2, 0.25) is 11.8 Å². The summed E-state index contributed by atoms with van der Waals surface area (Å²) in [5, 5.41) is 14.1. The van der Waals surface area contributed by atoms with Crippen molar-refractivity contribution in [2.24, 2.45) is 11.8 Å². The molecule has 0 aliphatic carbocycles. The first-order valence-electron chi connectivity index (χ1n) is 7.45. The standard InChI is InChI=1S/C15H28N2O4/c1-9(2)8-12(18)17-14(10(3)4)15(21)16-11(5)6-7-13(19)20/h9-11,14H,6-8H2,1-5H3,(H,16,21)(H,17,18)(H,19,20). The van der Waals surface area contributed by atoms with Gasteiger partial charge in [-0.05, 0) is 25.2 Å². The van der Waals surface area contributed by atoms with E-state index in [0.717, 1.165) is 0 Å². The molecule has 0 bridgehead atoms. The summed E-state index contributed by atoms with van der Waals surface area (Å²) in [5.41, 5.74) is 0. The zero-order valence-electron chi connectivity index (χ0n) is 13.6. The van der Waals surface area contributed by atoms with Crippen LogP contribution in [0.5, 0.6) is 0 Å². The number of aliphatic carboxylic acids is 1. The summed E-state index contributed by atoms with van der Waals surface area (Å²) in [6.45, 7) is 9.37. The quantitative estimate of drug-likeness (QED) is 0.602. The van der Waals surface area contributed by atoms with E-state index in [9.17, 15) is 14.4 Å². The highest BCUT2D eigenvalue weighted by molar-refractivity contribution is 5.88. The lowest BCUT2D eigenvalue weighted by atomic mass is 10.0. The largest absolute Gasteiger partial charge is 0.481 e. The molecule has 6 nitrogen and oxygen atoms in total. The third-order valence-electron chi connectivity index (χ3n) is 3.04. The van der Waals surface area contributed by atoms with E-state index in [0.29, 0.717) is 12.8 Å². The third kappa shape index (κ3) is 9.05. The summed E-state index contributed by atoms with van der Waals surface area (Å²) in [4.78, 5) is 34.5. The van der Waals surface area contributed by atoms with E-state index in [1.165, 1.54) is 0 Å². The van der Waals surface area contributed by atoms with Crippen LogP contribution in [-0.4, -0.2) is 35.0 Å². The highest BCUT2D eigenvalue weighted by atomic mass is 16.4. The van der Waals surface area contributed by atoms with Crippen molar-refractivity contribution in [2.45, 2.75) is 66.0 Å². The lowest BCUT2D eigenvalue weighted by molar-refractivity contribution is -0.137. The normalized spacial score (nSPS) is 13.9.